The Morgan fingerprint density at radius 1 is 0.900 bits per heavy atom. The fourth-order valence-electron chi connectivity index (χ4n) is 2.64. The molecule has 8 nitrogen and oxygen atoms in total. The molecule has 0 spiro atoms. The topological polar surface area (TPSA) is 114 Å². The third-order valence-electron chi connectivity index (χ3n) is 4.14. The largest absolute Gasteiger partial charge is 0.494 e. The molecule has 0 aromatic heterocycles. The van der Waals surface area contributed by atoms with Crippen LogP contribution in [-0.2, 0) is 10.0 Å². The summed E-state index contributed by atoms with van der Waals surface area (Å²) in [6, 6.07) is 12.7. The van der Waals surface area contributed by atoms with Gasteiger partial charge in [-0.05, 0) is 42.8 Å². The van der Waals surface area contributed by atoms with E-state index < -0.39 is 21.8 Å². The van der Waals surface area contributed by atoms with E-state index in [1.165, 1.54) is 25.0 Å². The number of anilines is 1. The van der Waals surface area contributed by atoms with Gasteiger partial charge in [0.2, 0.25) is 10.0 Å². The number of sulfonamides is 1. The van der Waals surface area contributed by atoms with Crippen LogP contribution >= 0.6 is 0 Å². The van der Waals surface area contributed by atoms with Gasteiger partial charge in [-0.15, -0.1) is 0 Å². The van der Waals surface area contributed by atoms with Crippen molar-refractivity contribution in [2.75, 3.05) is 17.6 Å². The Hall–Kier alpha value is -3.07. The summed E-state index contributed by atoms with van der Waals surface area (Å²) in [6.07, 6.45) is 5.45. The Balaban J connectivity index is 1.89. The number of carbonyl (C=O) groups excluding carboxylic acids is 2. The second kappa shape index (κ2) is 11.2. The van der Waals surface area contributed by atoms with Gasteiger partial charge in [0.1, 0.15) is 5.75 Å². The van der Waals surface area contributed by atoms with Crippen LogP contribution < -0.4 is 20.3 Å². The van der Waals surface area contributed by atoms with Crippen LogP contribution in [0.5, 0.6) is 5.75 Å². The number of amides is 2. The van der Waals surface area contributed by atoms with E-state index in [0.717, 1.165) is 19.1 Å². The second-order valence-electron chi connectivity index (χ2n) is 6.76. The normalized spacial score (nSPS) is 10.9. The molecule has 2 aromatic carbocycles. The molecular weight excluding hydrogens is 406 g/mol. The fraction of sp³-hybridized carbons (Fsp3) is 0.333. The van der Waals surface area contributed by atoms with E-state index in [0.29, 0.717) is 17.9 Å². The average Bonchev–Trinajstić information content (AvgIpc) is 2.71. The highest BCUT2D eigenvalue weighted by atomic mass is 32.2. The maximum absolute atomic E-state index is 12.4. The fourth-order valence-corrected chi connectivity index (χ4v) is 3.22. The number of hydrogen-bond donors (Lipinski definition) is 3. The molecule has 2 amide bonds. The predicted octanol–water partition coefficient (Wildman–Crippen LogP) is 3.09. The molecule has 2 aromatic rings. The lowest BCUT2D eigenvalue weighted by Gasteiger charge is -2.12. The number of benzene rings is 2. The number of para-hydroxylation sites is 1. The Kier molecular flexibility index (Phi) is 8.67. The van der Waals surface area contributed by atoms with Crippen molar-refractivity contribution in [2.45, 2.75) is 32.6 Å². The lowest BCUT2D eigenvalue weighted by Crippen LogP contribution is -2.41. The SMILES string of the molecule is CCCCCCOc1ccc(C(=O)NNC(=O)c2ccccc2NS(C)(=O)=O)cc1. The number of unbranched alkanes of at least 4 members (excludes halogenated alkanes) is 3. The minimum absolute atomic E-state index is 0.0787. The van der Waals surface area contributed by atoms with E-state index in [4.69, 9.17) is 4.74 Å². The van der Waals surface area contributed by atoms with Gasteiger partial charge in [-0.1, -0.05) is 38.3 Å². The Bertz CT molecular complexity index is 959. The smallest absolute Gasteiger partial charge is 0.271 e. The molecule has 0 saturated carbocycles. The van der Waals surface area contributed by atoms with Crippen molar-refractivity contribution in [3.63, 3.8) is 0 Å². The summed E-state index contributed by atoms with van der Waals surface area (Å²) < 4.78 is 30.8. The van der Waals surface area contributed by atoms with Gasteiger partial charge >= 0.3 is 0 Å². The molecule has 2 rings (SSSR count). The lowest BCUT2D eigenvalue weighted by atomic mass is 10.2. The lowest BCUT2D eigenvalue weighted by molar-refractivity contribution is 0.0847. The van der Waals surface area contributed by atoms with Gasteiger partial charge in [0.05, 0.1) is 24.1 Å². The van der Waals surface area contributed by atoms with Gasteiger partial charge in [0.25, 0.3) is 11.8 Å². The summed E-state index contributed by atoms with van der Waals surface area (Å²) in [6.45, 7) is 2.78. The number of nitrogens with one attached hydrogen (secondary N) is 3. The maximum Gasteiger partial charge on any atom is 0.271 e. The minimum Gasteiger partial charge on any atom is -0.494 e. The summed E-state index contributed by atoms with van der Waals surface area (Å²) >= 11 is 0. The van der Waals surface area contributed by atoms with Crippen LogP contribution in [0.2, 0.25) is 0 Å². The van der Waals surface area contributed by atoms with Crippen molar-refractivity contribution in [2.24, 2.45) is 0 Å². The molecule has 3 N–H and O–H groups in total. The van der Waals surface area contributed by atoms with Crippen LogP contribution in [0.1, 0.15) is 53.3 Å². The van der Waals surface area contributed by atoms with Crippen molar-refractivity contribution < 1.29 is 22.7 Å². The number of carbonyl (C=O) groups is 2. The van der Waals surface area contributed by atoms with Crippen molar-refractivity contribution in [3.05, 3.63) is 59.7 Å². The Morgan fingerprint density at radius 2 is 1.57 bits per heavy atom. The van der Waals surface area contributed by atoms with Crippen molar-refractivity contribution in [1.29, 1.82) is 0 Å². The van der Waals surface area contributed by atoms with E-state index in [1.807, 2.05) is 0 Å². The van der Waals surface area contributed by atoms with E-state index in [9.17, 15) is 18.0 Å². The van der Waals surface area contributed by atoms with Crippen molar-refractivity contribution in [3.8, 4) is 5.75 Å². The molecular formula is C21H27N3O5S. The van der Waals surface area contributed by atoms with Crippen LogP contribution in [0.3, 0.4) is 0 Å². The predicted molar refractivity (Wildman–Crippen MR) is 116 cm³/mol. The molecule has 0 aliphatic carbocycles. The average molecular weight is 434 g/mol. The zero-order valence-corrected chi connectivity index (χ0v) is 17.9. The van der Waals surface area contributed by atoms with Crippen LogP contribution in [0.25, 0.3) is 0 Å². The maximum atomic E-state index is 12.4. The zero-order chi connectivity index (χ0) is 22.0. The number of rotatable bonds is 10. The minimum atomic E-state index is -3.55. The van der Waals surface area contributed by atoms with E-state index >= 15 is 0 Å². The summed E-state index contributed by atoms with van der Waals surface area (Å²) in [5, 5.41) is 0. The molecule has 0 heterocycles. The first-order chi connectivity index (χ1) is 14.3. The van der Waals surface area contributed by atoms with Gasteiger partial charge in [0, 0.05) is 5.56 Å². The number of hydrogen-bond acceptors (Lipinski definition) is 5. The third-order valence-corrected chi connectivity index (χ3v) is 4.73. The van der Waals surface area contributed by atoms with E-state index in [-0.39, 0.29) is 11.3 Å². The first kappa shape index (κ1) is 23.2. The molecule has 0 saturated heterocycles. The first-order valence-electron chi connectivity index (χ1n) is 9.70. The van der Waals surface area contributed by atoms with Gasteiger partial charge in [-0.3, -0.25) is 25.2 Å². The highest BCUT2D eigenvalue weighted by molar-refractivity contribution is 7.92. The van der Waals surface area contributed by atoms with Gasteiger partial charge < -0.3 is 4.74 Å². The Morgan fingerprint density at radius 3 is 2.23 bits per heavy atom. The van der Waals surface area contributed by atoms with E-state index in [2.05, 4.69) is 22.5 Å². The number of ether oxygens (including phenoxy) is 1. The molecule has 0 unspecified atom stereocenters. The highest BCUT2D eigenvalue weighted by Crippen LogP contribution is 2.16. The quantitative estimate of drug-likeness (QED) is 0.394. The molecule has 0 radical (unpaired) electrons. The van der Waals surface area contributed by atoms with Gasteiger partial charge in [-0.25, -0.2) is 8.42 Å². The Labute approximate surface area is 177 Å². The molecule has 0 bridgehead atoms. The molecule has 0 aliphatic rings. The highest BCUT2D eigenvalue weighted by Gasteiger charge is 2.15. The molecule has 162 valence electrons. The molecule has 0 atom stereocenters. The summed E-state index contributed by atoms with van der Waals surface area (Å²) in [7, 11) is -3.55. The molecule has 30 heavy (non-hydrogen) atoms. The van der Waals surface area contributed by atoms with Crippen molar-refractivity contribution in [1.82, 2.24) is 10.9 Å². The summed E-state index contributed by atoms with van der Waals surface area (Å²) in [5.74, 6) is -0.485. The van der Waals surface area contributed by atoms with Crippen LogP contribution in [0.15, 0.2) is 48.5 Å². The van der Waals surface area contributed by atoms with Crippen LogP contribution in [-0.4, -0.2) is 33.1 Å². The van der Waals surface area contributed by atoms with Gasteiger partial charge in [-0.2, -0.15) is 0 Å². The van der Waals surface area contributed by atoms with E-state index in [1.54, 1.807) is 36.4 Å². The third kappa shape index (κ3) is 7.75. The second-order valence-corrected chi connectivity index (χ2v) is 8.51. The van der Waals surface area contributed by atoms with Gasteiger partial charge in [0.15, 0.2) is 0 Å². The molecule has 0 fully saturated rings. The van der Waals surface area contributed by atoms with Crippen molar-refractivity contribution >= 4 is 27.5 Å². The van der Waals surface area contributed by atoms with Crippen LogP contribution in [0, 0.1) is 0 Å². The number of hydrazine groups is 1. The standard InChI is InChI=1S/C21H27N3O5S/c1-3-4-5-8-15-29-17-13-11-16(12-14-17)20(25)22-23-21(26)18-9-6-7-10-19(18)24-30(2,27)28/h6-7,9-14,24H,3-5,8,15H2,1-2H3,(H,22,25)(H,23,26). The summed E-state index contributed by atoms with van der Waals surface area (Å²) in [4.78, 5) is 24.6. The zero-order valence-electron chi connectivity index (χ0n) is 17.1. The first-order valence-corrected chi connectivity index (χ1v) is 11.6. The molecule has 0 aliphatic heterocycles. The molecule has 9 heteroatoms. The van der Waals surface area contributed by atoms with Crippen LogP contribution in [0.4, 0.5) is 5.69 Å². The monoisotopic (exact) mass is 433 g/mol. The summed E-state index contributed by atoms with van der Waals surface area (Å²) in [5.41, 5.74) is 5.14.